The van der Waals surface area contributed by atoms with E-state index in [0.717, 1.165) is 221 Å². The summed E-state index contributed by atoms with van der Waals surface area (Å²) in [6.45, 7) is 0. The van der Waals surface area contributed by atoms with Crippen LogP contribution in [0.3, 0.4) is 0 Å². The highest BCUT2D eigenvalue weighted by Gasteiger charge is 2.28. The molecule has 17 aromatic carbocycles. The van der Waals surface area contributed by atoms with Crippen molar-refractivity contribution >= 4 is 175 Å². The number of fused-ring (bicyclic) bond motifs is 28. The van der Waals surface area contributed by atoms with Crippen molar-refractivity contribution in [2.45, 2.75) is 0 Å². The largest absolute Gasteiger partial charge is 0.454 e. The average molecular weight is 1400 g/mol. The molecule has 8 heterocycles. The first kappa shape index (κ1) is 59.4. The number of hydrogen-bond donors (Lipinski definition) is 0. The topological polar surface area (TPSA) is 72.3 Å². The zero-order valence-electron chi connectivity index (χ0n) is 58.9. The minimum atomic E-state index is 0.852. The Labute approximate surface area is 626 Å². The van der Waals surface area contributed by atoms with Gasteiger partial charge in [-0.05, 0) is 166 Å². The summed E-state index contributed by atoms with van der Waals surface area (Å²) in [6, 6.07) is 127. The molecular formula is C102H58N4O4. The molecule has 0 saturated carbocycles. The Balaban J connectivity index is 0.596. The van der Waals surface area contributed by atoms with Gasteiger partial charge >= 0.3 is 0 Å². The van der Waals surface area contributed by atoms with Crippen LogP contribution in [-0.4, -0.2) is 18.3 Å². The van der Waals surface area contributed by atoms with Crippen LogP contribution in [0.5, 0.6) is 0 Å². The second-order valence-corrected chi connectivity index (χ2v) is 29.3. The monoisotopic (exact) mass is 1400 g/mol. The molecule has 25 aromatic rings. The number of aromatic nitrogens is 4. The van der Waals surface area contributed by atoms with Crippen molar-refractivity contribution in [2.75, 3.05) is 0 Å². The van der Waals surface area contributed by atoms with Gasteiger partial charge in [0, 0.05) is 109 Å². The Morgan fingerprint density at radius 2 is 0.382 bits per heavy atom. The van der Waals surface area contributed by atoms with Crippen molar-refractivity contribution in [3.8, 4) is 67.3 Å². The van der Waals surface area contributed by atoms with E-state index in [0.29, 0.717) is 0 Å². The van der Waals surface area contributed by atoms with Crippen LogP contribution in [0.1, 0.15) is 0 Å². The Morgan fingerprint density at radius 1 is 0.155 bits per heavy atom. The van der Waals surface area contributed by atoms with Crippen LogP contribution in [0.2, 0.25) is 0 Å². The summed E-state index contributed by atoms with van der Waals surface area (Å²) in [4.78, 5) is 0. The van der Waals surface area contributed by atoms with E-state index in [1.165, 1.54) is 21.5 Å². The van der Waals surface area contributed by atoms with Gasteiger partial charge in [-0.1, -0.05) is 231 Å². The van der Waals surface area contributed by atoms with Gasteiger partial charge in [-0.3, -0.25) is 0 Å². The molecule has 0 amide bonds. The molecule has 110 heavy (non-hydrogen) atoms. The maximum Gasteiger partial charge on any atom is 0.160 e. The van der Waals surface area contributed by atoms with Crippen LogP contribution < -0.4 is 0 Å². The summed E-state index contributed by atoms with van der Waals surface area (Å²) in [5.41, 5.74) is 28.9. The molecule has 0 unspecified atom stereocenters. The first-order chi connectivity index (χ1) is 54.6. The molecule has 8 nitrogen and oxygen atoms in total. The fourth-order valence-electron chi connectivity index (χ4n) is 18.7. The highest BCUT2D eigenvalue weighted by molar-refractivity contribution is 6.30. The standard InChI is InChI=1S/C102H58N4O4/c1-7-23-85-69(15-1)77-51-53-79-71-17-3-9-27-89(71)107-99(79)95(77)103(85)65-43-35-61(36-44-65)59-31-33-60(34-32-59)62-39-47-67(48-40-62)105-87-25-13-21-75(93(87)83-57-55-81-73-19-5-11-29-91(73)109-101(81)97(83)105)76-22-14-26-88-94(76)84-58-56-82-74-20-6-12-30-92(74)110-102(82)98(84)106(88)68-49-41-64(42-50-68)63-37-45-66(46-38-63)104-86-24-8-2-16-70(86)78-52-54-80-72-18-4-10-28-90(72)108-100(80)96(78)104/h1-58H. The van der Waals surface area contributed by atoms with Crippen molar-refractivity contribution < 1.29 is 17.7 Å². The molecule has 0 saturated heterocycles. The van der Waals surface area contributed by atoms with Gasteiger partial charge in [-0.15, -0.1) is 0 Å². The van der Waals surface area contributed by atoms with Gasteiger partial charge in [0.1, 0.15) is 22.3 Å². The highest BCUT2D eigenvalue weighted by Crippen LogP contribution is 2.50. The molecule has 0 aliphatic heterocycles. The van der Waals surface area contributed by atoms with E-state index in [2.05, 4.69) is 358 Å². The molecule has 510 valence electrons. The lowest BCUT2D eigenvalue weighted by Gasteiger charge is -2.12. The summed E-state index contributed by atoms with van der Waals surface area (Å²) in [6.07, 6.45) is 0. The Kier molecular flexibility index (Phi) is 12.1. The predicted octanol–water partition coefficient (Wildman–Crippen LogP) is 28.3. The van der Waals surface area contributed by atoms with Crippen molar-refractivity contribution in [2.24, 2.45) is 0 Å². The minimum Gasteiger partial charge on any atom is -0.454 e. The zero-order chi connectivity index (χ0) is 71.6. The molecule has 0 bridgehead atoms. The fourth-order valence-corrected chi connectivity index (χ4v) is 18.7. The lowest BCUT2D eigenvalue weighted by molar-refractivity contribution is 0.670. The number of benzene rings is 17. The van der Waals surface area contributed by atoms with E-state index in [1.807, 2.05) is 12.1 Å². The van der Waals surface area contributed by atoms with E-state index < -0.39 is 0 Å². The van der Waals surface area contributed by atoms with Gasteiger partial charge in [-0.2, -0.15) is 0 Å². The summed E-state index contributed by atoms with van der Waals surface area (Å²) >= 11 is 0. The molecule has 0 radical (unpaired) electrons. The number of rotatable bonds is 8. The van der Waals surface area contributed by atoms with Gasteiger partial charge in [0.15, 0.2) is 22.3 Å². The van der Waals surface area contributed by atoms with Crippen molar-refractivity contribution in [1.82, 2.24) is 18.3 Å². The highest BCUT2D eigenvalue weighted by atomic mass is 16.3. The van der Waals surface area contributed by atoms with Crippen LogP contribution in [0.25, 0.3) is 242 Å². The number of hydrogen-bond acceptors (Lipinski definition) is 4. The maximum absolute atomic E-state index is 7.04. The van der Waals surface area contributed by atoms with Gasteiger partial charge in [0.2, 0.25) is 0 Å². The number of para-hydroxylation sites is 6. The summed E-state index contributed by atoms with van der Waals surface area (Å²) in [7, 11) is 0. The smallest absolute Gasteiger partial charge is 0.160 e. The van der Waals surface area contributed by atoms with E-state index in [9.17, 15) is 0 Å². The van der Waals surface area contributed by atoms with Crippen molar-refractivity contribution in [1.29, 1.82) is 0 Å². The SMILES string of the molecule is c1ccc2c(c1)oc1c2ccc2c3ccccc3n(-c3ccc(-c4ccc(-c5ccc(-n6c7cccc(-c8cccc9c8c8ccc%10c%11ccccc%11oc%10c8n9-c8ccc(-c9ccc(-n%10c%11ccccc%11c%11ccc%12c%13ccccc%13oc%12c%11%10)cc9)cc8)c7c7ccc8c9ccccc9oc8c76)cc5)cc4)cc3)c21. The third-order valence-corrected chi connectivity index (χ3v) is 23.6. The third-order valence-electron chi connectivity index (χ3n) is 23.6. The lowest BCUT2D eigenvalue weighted by atomic mass is 9.95. The van der Waals surface area contributed by atoms with E-state index in [1.54, 1.807) is 0 Å². The second kappa shape index (κ2) is 22.4. The Hall–Kier alpha value is -14.9. The third kappa shape index (κ3) is 8.27. The van der Waals surface area contributed by atoms with Crippen molar-refractivity contribution in [3.05, 3.63) is 352 Å². The molecule has 8 heteroatoms. The van der Waals surface area contributed by atoms with Crippen molar-refractivity contribution in [3.63, 3.8) is 0 Å². The molecule has 0 aliphatic rings. The molecule has 25 rings (SSSR count). The number of nitrogens with zero attached hydrogens (tertiary/aromatic N) is 4. The molecule has 0 spiro atoms. The number of furan rings is 4. The van der Waals surface area contributed by atoms with Crippen LogP contribution >= 0.6 is 0 Å². The molecule has 8 aromatic heterocycles. The van der Waals surface area contributed by atoms with E-state index in [-0.39, 0.29) is 0 Å². The van der Waals surface area contributed by atoms with E-state index in [4.69, 9.17) is 17.7 Å². The van der Waals surface area contributed by atoms with Crippen LogP contribution in [-0.2, 0) is 0 Å². The van der Waals surface area contributed by atoms with Crippen LogP contribution in [0.15, 0.2) is 370 Å². The first-order valence-corrected chi connectivity index (χ1v) is 37.5. The van der Waals surface area contributed by atoms with Gasteiger partial charge in [0.25, 0.3) is 0 Å². The molecule has 0 N–H and O–H groups in total. The van der Waals surface area contributed by atoms with Gasteiger partial charge < -0.3 is 35.9 Å². The maximum atomic E-state index is 7.04. The Bertz CT molecular complexity index is 8230. The Morgan fingerprint density at radius 3 is 0.691 bits per heavy atom. The first-order valence-electron chi connectivity index (χ1n) is 37.5. The lowest BCUT2D eigenvalue weighted by Crippen LogP contribution is -1.95. The van der Waals surface area contributed by atoms with E-state index >= 15 is 0 Å². The quantitative estimate of drug-likeness (QED) is 0.152. The summed E-state index contributed by atoms with van der Waals surface area (Å²) in [5, 5.41) is 18.0. The summed E-state index contributed by atoms with van der Waals surface area (Å²) in [5.74, 6) is 0. The summed E-state index contributed by atoms with van der Waals surface area (Å²) < 4.78 is 37.0. The molecule has 0 atom stereocenters. The molecule has 0 aliphatic carbocycles. The minimum absolute atomic E-state index is 0.852. The van der Waals surface area contributed by atoms with Gasteiger partial charge in [0.05, 0.1) is 44.1 Å². The van der Waals surface area contributed by atoms with Crippen LogP contribution in [0.4, 0.5) is 0 Å². The predicted molar refractivity (Wildman–Crippen MR) is 455 cm³/mol. The molecule has 0 fully saturated rings. The van der Waals surface area contributed by atoms with Gasteiger partial charge in [-0.25, -0.2) is 0 Å². The second-order valence-electron chi connectivity index (χ2n) is 29.3. The van der Waals surface area contributed by atoms with Crippen LogP contribution in [0, 0.1) is 0 Å². The average Bonchev–Trinajstić information content (AvgIpc) is 1.55. The fraction of sp³-hybridized carbons (Fsp3) is 0. The zero-order valence-corrected chi connectivity index (χ0v) is 58.9. The normalized spacial score (nSPS) is 12.4. The molecular weight excluding hydrogens is 1350 g/mol.